The van der Waals surface area contributed by atoms with Gasteiger partial charge in [-0.25, -0.2) is 23.0 Å². The molecule has 3 fully saturated rings. The third-order valence-corrected chi connectivity index (χ3v) is 5.84. The summed E-state index contributed by atoms with van der Waals surface area (Å²) in [5.41, 5.74) is 0.675. The molecule has 1 aromatic carbocycles. The Kier molecular flexibility index (Phi) is 6.03. The van der Waals surface area contributed by atoms with Crippen LogP contribution in [0.5, 0.6) is 0 Å². The van der Waals surface area contributed by atoms with E-state index in [9.17, 15) is 27.6 Å². The van der Waals surface area contributed by atoms with Crippen LogP contribution in [0.15, 0.2) is 18.2 Å². The molecular formula is C20H23F3N4O4. The zero-order chi connectivity index (χ0) is 22.1. The van der Waals surface area contributed by atoms with E-state index in [1.54, 1.807) is 17.1 Å². The molecule has 0 spiro atoms. The number of hydrogen-bond donors (Lipinski definition) is 0. The highest BCUT2D eigenvalue weighted by Gasteiger charge is 2.34. The Hall–Kier alpha value is -2.82. The second-order valence-electron chi connectivity index (χ2n) is 7.77. The van der Waals surface area contributed by atoms with E-state index in [1.807, 2.05) is 9.91 Å². The second-order valence-corrected chi connectivity index (χ2v) is 7.77. The molecule has 4 rings (SSSR count). The zero-order valence-corrected chi connectivity index (χ0v) is 16.8. The number of cyclic esters (lactones) is 1. The van der Waals surface area contributed by atoms with Crippen LogP contribution < -0.4 is 9.80 Å². The Balaban J connectivity index is 1.40. The average Bonchev–Trinajstić information content (AvgIpc) is 3.20. The number of alkyl halides is 2. The molecule has 168 valence electrons. The van der Waals surface area contributed by atoms with E-state index in [0.29, 0.717) is 50.5 Å². The fraction of sp³-hybridized carbons (Fsp3) is 0.550. The number of benzene rings is 1. The molecule has 0 bridgehead atoms. The summed E-state index contributed by atoms with van der Waals surface area (Å²) in [7, 11) is 0. The van der Waals surface area contributed by atoms with Gasteiger partial charge in [0.05, 0.1) is 24.5 Å². The van der Waals surface area contributed by atoms with Gasteiger partial charge in [-0.15, -0.1) is 0 Å². The fourth-order valence-electron chi connectivity index (χ4n) is 4.15. The number of hydrogen-bond acceptors (Lipinski definition) is 6. The number of rotatable bonds is 6. The Morgan fingerprint density at radius 2 is 1.90 bits per heavy atom. The average molecular weight is 440 g/mol. The number of fused-ring (bicyclic) bond motifs is 1. The smallest absolute Gasteiger partial charge is 0.414 e. The number of ether oxygens (including phenoxy) is 1. The molecule has 3 aliphatic rings. The second kappa shape index (κ2) is 8.74. The van der Waals surface area contributed by atoms with Crippen molar-refractivity contribution in [2.75, 3.05) is 49.1 Å². The van der Waals surface area contributed by atoms with E-state index >= 15 is 0 Å². The van der Waals surface area contributed by atoms with Crippen LogP contribution in [0.25, 0.3) is 0 Å². The highest BCUT2D eigenvalue weighted by molar-refractivity contribution is 5.90. The predicted molar refractivity (Wildman–Crippen MR) is 104 cm³/mol. The van der Waals surface area contributed by atoms with Gasteiger partial charge in [0.1, 0.15) is 11.9 Å². The van der Waals surface area contributed by atoms with Crippen molar-refractivity contribution in [2.24, 2.45) is 0 Å². The maximum Gasteiger partial charge on any atom is 0.414 e. The molecule has 0 unspecified atom stereocenters. The maximum absolute atomic E-state index is 14.9. The summed E-state index contributed by atoms with van der Waals surface area (Å²) in [4.78, 5) is 38.3. The van der Waals surface area contributed by atoms with Crippen molar-refractivity contribution in [1.29, 1.82) is 0 Å². The van der Waals surface area contributed by atoms with Crippen molar-refractivity contribution in [3.63, 3.8) is 0 Å². The molecule has 0 saturated carbocycles. The lowest BCUT2D eigenvalue weighted by Gasteiger charge is -2.24. The summed E-state index contributed by atoms with van der Waals surface area (Å²) in [6.07, 6.45) is -4.34. The number of Topliss-reactive ketones (excluding diaryl/α,β-unsaturated/α-hetero) is 1. The van der Waals surface area contributed by atoms with Gasteiger partial charge in [0.25, 0.3) is 6.43 Å². The summed E-state index contributed by atoms with van der Waals surface area (Å²) in [5.74, 6) is -1.62. The summed E-state index contributed by atoms with van der Waals surface area (Å²) in [5, 5.41) is 3.69. The van der Waals surface area contributed by atoms with Gasteiger partial charge in [-0.3, -0.25) is 19.5 Å². The molecule has 1 atom stereocenters. The number of carbonyl (C=O) groups excluding carboxylic acids is 3. The first-order chi connectivity index (χ1) is 14.8. The minimum absolute atomic E-state index is 0.00846. The number of hydrazine groups is 1. The van der Waals surface area contributed by atoms with Crippen LogP contribution in [0.3, 0.4) is 0 Å². The summed E-state index contributed by atoms with van der Waals surface area (Å²) in [6, 6.07) is 4.42. The van der Waals surface area contributed by atoms with E-state index in [1.165, 1.54) is 11.0 Å². The van der Waals surface area contributed by atoms with Crippen LogP contribution >= 0.6 is 0 Å². The van der Waals surface area contributed by atoms with Gasteiger partial charge < -0.3 is 9.64 Å². The molecule has 1 aromatic rings. The lowest BCUT2D eigenvalue weighted by atomic mass is 10.1. The van der Waals surface area contributed by atoms with E-state index in [2.05, 4.69) is 0 Å². The normalized spacial score (nSPS) is 22.2. The van der Waals surface area contributed by atoms with E-state index in [4.69, 9.17) is 4.74 Å². The lowest BCUT2D eigenvalue weighted by Crippen LogP contribution is -2.39. The molecule has 0 aliphatic carbocycles. The molecule has 11 heteroatoms. The van der Waals surface area contributed by atoms with Crippen LogP contribution in [0.1, 0.15) is 19.3 Å². The predicted octanol–water partition coefficient (Wildman–Crippen LogP) is 2.03. The number of ketones is 1. The van der Waals surface area contributed by atoms with Gasteiger partial charge in [0.15, 0.2) is 5.78 Å². The van der Waals surface area contributed by atoms with Crippen molar-refractivity contribution in [1.82, 2.24) is 10.0 Å². The van der Waals surface area contributed by atoms with Gasteiger partial charge >= 0.3 is 6.09 Å². The molecular weight excluding hydrogens is 417 g/mol. The standard InChI is InChI=1S/C20H23F3N4O4/c21-15-11-13(26-12-14(31-20(26)30)2-4-17(28)19(22)23)1-3-16(15)24-7-9-25-6-5-18(29)27(25)10-8-24/h1,3,11,14,19H,2,4-10,12H2/t14-/m0/s1. The molecule has 3 aliphatic heterocycles. The van der Waals surface area contributed by atoms with Crippen molar-refractivity contribution < 1.29 is 32.3 Å². The molecule has 31 heavy (non-hydrogen) atoms. The van der Waals surface area contributed by atoms with Gasteiger partial charge in [-0.05, 0) is 24.6 Å². The Morgan fingerprint density at radius 3 is 2.65 bits per heavy atom. The molecule has 0 radical (unpaired) electrons. The number of amides is 2. The Labute approximate surface area is 177 Å². The number of halogens is 3. The van der Waals surface area contributed by atoms with Gasteiger partial charge in [0.2, 0.25) is 5.91 Å². The summed E-state index contributed by atoms with van der Waals surface area (Å²) >= 11 is 0. The van der Waals surface area contributed by atoms with Crippen LogP contribution in [0.2, 0.25) is 0 Å². The highest BCUT2D eigenvalue weighted by Crippen LogP contribution is 2.29. The third kappa shape index (κ3) is 4.46. The molecule has 3 saturated heterocycles. The monoisotopic (exact) mass is 440 g/mol. The molecule has 0 N–H and O–H groups in total. The van der Waals surface area contributed by atoms with Crippen LogP contribution in [0, 0.1) is 5.82 Å². The first kappa shape index (κ1) is 21.4. The third-order valence-electron chi connectivity index (χ3n) is 5.84. The molecule has 8 nitrogen and oxygen atoms in total. The van der Waals surface area contributed by atoms with Gasteiger partial charge in [0, 0.05) is 39.0 Å². The fourth-order valence-corrected chi connectivity index (χ4v) is 4.15. The quantitative estimate of drug-likeness (QED) is 0.674. The van der Waals surface area contributed by atoms with E-state index in [0.717, 1.165) is 0 Å². The van der Waals surface area contributed by atoms with Crippen LogP contribution in [-0.4, -0.2) is 79.6 Å². The summed E-state index contributed by atoms with van der Waals surface area (Å²) < 4.78 is 44.7. The lowest BCUT2D eigenvalue weighted by molar-refractivity contribution is -0.136. The Morgan fingerprint density at radius 1 is 1.13 bits per heavy atom. The van der Waals surface area contributed by atoms with Crippen molar-refractivity contribution in [3.8, 4) is 0 Å². The largest absolute Gasteiger partial charge is 0.444 e. The van der Waals surface area contributed by atoms with Crippen molar-refractivity contribution in [3.05, 3.63) is 24.0 Å². The van der Waals surface area contributed by atoms with E-state index in [-0.39, 0.29) is 25.3 Å². The van der Waals surface area contributed by atoms with Crippen LogP contribution in [-0.2, 0) is 14.3 Å². The first-order valence-corrected chi connectivity index (χ1v) is 10.2. The number of nitrogens with zero attached hydrogens (tertiary/aromatic N) is 4. The maximum atomic E-state index is 14.9. The topological polar surface area (TPSA) is 73.4 Å². The molecule has 2 amide bonds. The van der Waals surface area contributed by atoms with Gasteiger partial charge in [-0.1, -0.05) is 0 Å². The van der Waals surface area contributed by atoms with Gasteiger partial charge in [-0.2, -0.15) is 0 Å². The van der Waals surface area contributed by atoms with Crippen molar-refractivity contribution in [2.45, 2.75) is 31.8 Å². The number of anilines is 2. The van der Waals surface area contributed by atoms with Crippen LogP contribution in [0.4, 0.5) is 29.3 Å². The summed E-state index contributed by atoms with van der Waals surface area (Å²) in [6.45, 7) is 2.89. The minimum Gasteiger partial charge on any atom is -0.444 e. The highest BCUT2D eigenvalue weighted by atomic mass is 19.3. The molecule has 3 heterocycles. The molecule has 0 aromatic heterocycles. The van der Waals surface area contributed by atoms with Crippen molar-refractivity contribution >= 4 is 29.2 Å². The first-order valence-electron chi connectivity index (χ1n) is 10.2. The SMILES string of the molecule is O=C(CC[C@H]1CN(c2ccc(N3CCN4CCC(=O)N4CC3)c(F)c2)C(=O)O1)C(F)F. The zero-order valence-electron chi connectivity index (χ0n) is 16.8. The Bertz CT molecular complexity index is 884. The van der Waals surface area contributed by atoms with E-state index < -0.39 is 30.2 Å². The minimum atomic E-state index is -3.04. The number of carbonyl (C=O) groups is 3.